The molecule has 9 nitrogen and oxygen atoms in total. The number of nitrogens with one attached hydrogen (secondary N) is 1. The highest BCUT2D eigenvalue weighted by Gasteiger charge is 2.29. The highest BCUT2D eigenvalue weighted by molar-refractivity contribution is 5.91. The Bertz CT molecular complexity index is 726. The van der Waals surface area contributed by atoms with Gasteiger partial charge in [-0.25, -0.2) is 4.68 Å². The second kappa shape index (κ2) is 4.85. The van der Waals surface area contributed by atoms with Crippen LogP contribution >= 0.6 is 0 Å². The Balaban J connectivity index is 2.08. The van der Waals surface area contributed by atoms with Gasteiger partial charge in [-0.05, 0) is 11.6 Å². The number of nitro groups is 1. The Labute approximate surface area is 118 Å². The van der Waals surface area contributed by atoms with Gasteiger partial charge in [-0.15, -0.1) is 0 Å². The fraction of sp³-hybridized carbons (Fsp3) is 0.250. The van der Waals surface area contributed by atoms with Gasteiger partial charge >= 0.3 is 5.69 Å². The summed E-state index contributed by atoms with van der Waals surface area (Å²) in [5.74, 6) is 0.288. The summed E-state index contributed by atoms with van der Waals surface area (Å²) < 4.78 is 6.50. The molecule has 1 N–H and O–H groups in total. The first kappa shape index (κ1) is 13.0. The zero-order valence-corrected chi connectivity index (χ0v) is 11.0. The number of hydrogen-bond donors (Lipinski definition) is 1. The number of rotatable bonds is 3. The third-order valence-corrected chi connectivity index (χ3v) is 3.28. The smallest absolute Gasteiger partial charge is 0.311 e. The maximum absolute atomic E-state index is 11.7. The number of amides is 1. The van der Waals surface area contributed by atoms with Crippen LogP contribution in [0.2, 0.25) is 0 Å². The largest absolute Gasteiger partial charge is 0.490 e. The molecule has 1 aliphatic heterocycles. The van der Waals surface area contributed by atoms with E-state index < -0.39 is 11.0 Å². The van der Waals surface area contributed by atoms with Crippen LogP contribution in [0.1, 0.15) is 18.0 Å². The second-order valence-corrected chi connectivity index (χ2v) is 4.48. The van der Waals surface area contributed by atoms with Gasteiger partial charge in [0, 0.05) is 6.07 Å². The third kappa shape index (κ3) is 2.18. The molecule has 1 aromatic carbocycles. The molecule has 1 aromatic heterocycles. The molecule has 108 valence electrons. The average molecular weight is 289 g/mol. The molecule has 0 saturated carbocycles. The van der Waals surface area contributed by atoms with E-state index in [9.17, 15) is 14.9 Å². The van der Waals surface area contributed by atoms with Crippen LogP contribution in [0.15, 0.2) is 24.5 Å². The van der Waals surface area contributed by atoms with Crippen molar-refractivity contribution in [1.29, 1.82) is 0 Å². The maximum atomic E-state index is 11.7. The van der Waals surface area contributed by atoms with Gasteiger partial charge in [0.15, 0.2) is 5.75 Å². The third-order valence-electron chi connectivity index (χ3n) is 3.28. The molecular formula is C12H11N5O4. The van der Waals surface area contributed by atoms with Crippen LogP contribution in [0, 0.1) is 10.1 Å². The first-order valence-electron chi connectivity index (χ1n) is 6.12. The number of aromatic nitrogens is 3. The molecule has 0 radical (unpaired) electrons. The van der Waals surface area contributed by atoms with Gasteiger partial charge in [0.1, 0.15) is 6.33 Å². The number of carbonyl (C=O) groups excluding carboxylic acids is 1. The minimum absolute atomic E-state index is 0.139. The van der Waals surface area contributed by atoms with Crippen molar-refractivity contribution in [3.8, 4) is 5.75 Å². The van der Waals surface area contributed by atoms with Crippen molar-refractivity contribution in [3.63, 3.8) is 0 Å². The number of carbonyl (C=O) groups is 1. The lowest BCUT2D eigenvalue weighted by Crippen LogP contribution is -2.29. The standard InChI is InChI=1S/C12H11N5O4/c1-21-10-3-2-7(4-9(10)17(19)20)8-5-11(18)15-12-13-6-14-16(8)12/h2-4,6,8H,5H2,1H3,(H,13,14,15,18). The van der Waals surface area contributed by atoms with E-state index in [1.54, 1.807) is 6.07 Å². The molecule has 21 heavy (non-hydrogen) atoms. The molecule has 2 heterocycles. The summed E-state index contributed by atoms with van der Waals surface area (Å²) in [5, 5.41) is 17.7. The summed E-state index contributed by atoms with van der Waals surface area (Å²) in [7, 11) is 1.37. The van der Waals surface area contributed by atoms with Crippen LogP contribution in [0.25, 0.3) is 0 Å². The number of nitro benzene ring substituents is 1. The minimum atomic E-state index is -0.520. The van der Waals surface area contributed by atoms with E-state index in [1.807, 2.05) is 0 Å². The molecule has 0 aliphatic carbocycles. The van der Waals surface area contributed by atoms with Crippen molar-refractivity contribution >= 4 is 17.5 Å². The topological polar surface area (TPSA) is 112 Å². The van der Waals surface area contributed by atoms with Gasteiger partial charge in [-0.2, -0.15) is 10.1 Å². The van der Waals surface area contributed by atoms with Crippen LogP contribution in [-0.4, -0.2) is 32.7 Å². The van der Waals surface area contributed by atoms with E-state index in [4.69, 9.17) is 4.74 Å². The molecule has 9 heteroatoms. The molecule has 0 bridgehead atoms. The van der Waals surface area contributed by atoms with E-state index in [0.29, 0.717) is 11.5 Å². The number of ether oxygens (including phenoxy) is 1. The summed E-state index contributed by atoms with van der Waals surface area (Å²) in [6, 6.07) is 4.16. The van der Waals surface area contributed by atoms with E-state index in [-0.39, 0.29) is 23.8 Å². The van der Waals surface area contributed by atoms with Gasteiger partial charge in [0.25, 0.3) is 0 Å². The normalized spacial score (nSPS) is 17.0. The van der Waals surface area contributed by atoms with Crippen LogP contribution in [0.3, 0.4) is 0 Å². The van der Waals surface area contributed by atoms with Gasteiger partial charge in [0.05, 0.1) is 24.5 Å². The summed E-state index contributed by atoms with van der Waals surface area (Å²) in [6.45, 7) is 0. The van der Waals surface area contributed by atoms with E-state index >= 15 is 0 Å². The van der Waals surface area contributed by atoms with Gasteiger partial charge in [-0.1, -0.05) is 6.07 Å². The Morgan fingerprint density at radius 2 is 2.33 bits per heavy atom. The van der Waals surface area contributed by atoms with Crippen molar-refractivity contribution < 1.29 is 14.5 Å². The molecule has 1 atom stereocenters. The van der Waals surface area contributed by atoms with Gasteiger partial charge in [-0.3, -0.25) is 20.2 Å². The molecule has 1 aliphatic rings. The first-order chi connectivity index (χ1) is 10.1. The fourth-order valence-corrected chi connectivity index (χ4v) is 2.32. The summed E-state index contributed by atoms with van der Waals surface area (Å²) in [4.78, 5) is 26.2. The van der Waals surface area contributed by atoms with E-state index in [2.05, 4.69) is 15.4 Å². The predicted octanol–water partition coefficient (Wildman–Crippen LogP) is 1.13. The van der Waals surface area contributed by atoms with Crippen molar-refractivity contribution in [2.75, 3.05) is 12.4 Å². The van der Waals surface area contributed by atoms with Crippen LogP contribution in [-0.2, 0) is 4.79 Å². The maximum Gasteiger partial charge on any atom is 0.311 e. The van der Waals surface area contributed by atoms with Crippen LogP contribution < -0.4 is 10.1 Å². The zero-order valence-electron chi connectivity index (χ0n) is 11.0. The number of fused-ring (bicyclic) bond motifs is 1. The molecular weight excluding hydrogens is 278 g/mol. The monoisotopic (exact) mass is 289 g/mol. The molecule has 3 rings (SSSR count). The average Bonchev–Trinajstić information content (AvgIpc) is 2.93. The lowest BCUT2D eigenvalue weighted by atomic mass is 10.0. The lowest BCUT2D eigenvalue weighted by molar-refractivity contribution is -0.385. The van der Waals surface area contributed by atoms with Crippen molar-refractivity contribution in [1.82, 2.24) is 14.8 Å². The van der Waals surface area contributed by atoms with Crippen molar-refractivity contribution in [2.24, 2.45) is 0 Å². The Kier molecular flexibility index (Phi) is 3.01. The van der Waals surface area contributed by atoms with Crippen LogP contribution in [0.5, 0.6) is 5.75 Å². The lowest BCUT2D eigenvalue weighted by Gasteiger charge is -2.23. The Morgan fingerprint density at radius 3 is 3.05 bits per heavy atom. The number of nitrogens with zero attached hydrogens (tertiary/aromatic N) is 4. The Hall–Kier alpha value is -2.97. The second-order valence-electron chi connectivity index (χ2n) is 4.48. The number of hydrogen-bond acceptors (Lipinski definition) is 6. The number of anilines is 1. The quantitative estimate of drug-likeness (QED) is 0.669. The Morgan fingerprint density at radius 1 is 1.52 bits per heavy atom. The van der Waals surface area contributed by atoms with Crippen molar-refractivity contribution in [3.05, 3.63) is 40.2 Å². The van der Waals surface area contributed by atoms with Crippen LogP contribution in [0.4, 0.5) is 11.6 Å². The highest BCUT2D eigenvalue weighted by Crippen LogP contribution is 2.34. The molecule has 1 unspecified atom stereocenters. The molecule has 0 fully saturated rings. The fourth-order valence-electron chi connectivity index (χ4n) is 2.32. The molecule has 0 saturated heterocycles. The number of methoxy groups -OCH3 is 1. The SMILES string of the molecule is COc1ccc(C2CC(=O)Nc3ncnn32)cc1[N+](=O)[O-]. The molecule has 2 aromatic rings. The van der Waals surface area contributed by atoms with Crippen molar-refractivity contribution in [2.45, 2.75) is 12.5 Å². The molecule has 0 spiro atoms. The first-order valence-corrected chi connectivity index (χ1v) is 6.12. The zero-order chi connectivity index (χ0) is 15.0. The van der Waals surface area contributed by atoms with Gasteiger partial charge in [0.2, 0.25) is 11.9 Å². The predicted molar refractivity (Wildman–Crippen MR) is 71.1 cm³/mol. The summed E-state index contributed by atoms with van der Waals surface area (Å²) in [5.41, 5.74) is 0.451. The number of benzene rings is 1. The molecule has 1 amide bonds. The van der Waals surface area contributed by atoms with E-state index in [1.165, 1.54) is 30.3 Å². The summed E-state index contributed by atoms with van der Waals surface area (Å²) in [6.07, 6.45) is 1.46. The van der Waals surface area contributed by atoms with E-state index in [0.717, 1.165) is 0 Å². The highest BCUT2D eigenvalue weighted by atomic mass is 16.6. The minimum Gasteiger partial charge on any atom is -0.490 e. The summed E-state index contributed by atoms with van der Waals surface area (Å²) >= 11 is 0. The van der Waals surface area contributed by atoms with Gasteiger partial charge < -0.3 is 4.74 Å².